The van der Waals surface area contributed by atoms with Crippen molar-refractivity contribution in [1.29, 1.82) is 0 Å². The molecule has 3 heteroatoms. The number of benzene rings is 1. The van der Waals surface area contributed by atoms with E-state index in [0.29, 0.717) is 6.54 Å². The van der Waals surface area contributed by atoms with Gasteiger partial charge in [-0.25, -0.2) is 0 Å². The second kappa shape index (κ2) is 9.29. The van der Waals surface area contributed by atoms with Crippen molar-refractivity contribution in [2.75, 3.05) is 0 Å². The lowest BCUT2D eigenvalue weighted by molar-refractivity contribution is -0.130. The van der Waals surface area contributed by atoms with Crippen molar-refractivity contribution in [2.24, 2.45) is 5.41 Å². The van der Waals surface area contributed by atoms with E-state index in [1.807, 2.05) is 37.3 Å². The second-order valence-corrected chi connectivity index (χ2v) is 5.34. The van der Waals surface area contributed by atoms with Crippen LogP contribution in [0.1, 0.15) is 53.0 Å². The average Bonchev–Trinajstić information content (AvgIpc) is 2.44. The summed E-state index contributed by atoms with van der Waals surface area (Å²) in [5, 5.41) is 3.00. The van der Waals surface area contributed by atoms with Gasteiger partial charge < -0.3 is 10.1 Å². The van der Waals surface area contributed by atoms with Crippen LogP contribution in [0.4, 0.5) is 0 Å². The summed E-state index contributed by atoms with van der Waals surface area (Å²) in [6.07, 6.45) is 1.76. The maximum Gasteiger partial charge on any atom is 0.226 e. The number of hydrogen-bond donors (Lipinski definition) is 1. The Morgan fingerprint density at radius 3 is 1.90 bits per heavy atom. The van der Waals surface area contributed by atoms with E-state index < -0.39 is 0 Å². The smallest absolute Gasteiger partial charge is 0.226 e. The van der Waals surface area contributed by atoms with Gasteiger partial charge in [-0.2, -0.15) is 0 Å². The van der Waals surface area contributed by atoms with Crippen LogP contribution in [0.2, 0.25) is 0 Å². The van der Waals surface area contributed by atoms with Crippen LogP contribution in [-0.2, 0) is 16.1 Å². The first kappa shape index (κ1) is 18.4. The van der Waals surface area contributed by atoms with Gasteiger partial charge in [0.25, 0.3) is 0 Å². The highest BCUT2D eigenvalue weighted by Gasteiger charge is 2.28. The van der Waals surface area contributed by atoms with E-state index >= 15 is 0 Å². The lowest BCUT2D eigenvalue weighted by Crippen LogP contribution is -2.37. The third kappa shape index (κ3) is 7.07. The summed E-state index contributed by atoms with van der Waals surface area (Å²) in [7, 11) is 0. The average molecular weight is 277 g/mol. The standard InChI is InChI=1S/C14H21NO.C3H6O/c1-4-14(3,5-2)13(16)15-11-12-9-7-6-8-10-12;1-3(2)4/h6-10H,4-5,11H2,1-3H3,(H,15,16);1-2H3. The fourth-order valence-electron chi connectivity index (χ4n) is 1.56. The number of Topliss-reactive ketones (excluding diaryl/α,β-unsaturated/α-hetero) is 1. The molecular formula is C17H27NO2. The first-order valence-corrected chi connectivity index (χ1v) is 7.15. The quantitative estimate of drug-likeness (QED) is 0.891. The summed E-state index contributed by atoms with van der Waals surface area (Å²) in [6, 6.07) is 10.00. The number of amides is 1. The van der Waals surface area contributed by atoms with Gasteiger partial charge in [0.1, 0.15) is 5.78 Å². The molecule has 0 fully saturated rings. The minimum Gasteiger partial charge on any atom is -0.352 e. The Morgan fingerprint density at radius 1 is 1.05 bits per heavy atom. The van der Waals surface area contributed by atoms with Crippen molar-refractivity contribution in [3.8, 4) is 0 Å². The van der Waals surface area contributed by atoms with E-state index in [-0.39, 0.29) is 17.1 Å². The van der Waals surface area contributed by atoms with Gasteiger partial charge in [0, 0.05) is 12.0 Å². The molecule has 0 heterocycles. The van der Waals surface area contributed by atoms with E-state index in [1.54, 1.807) is 0 Å². The molecule has 0 aliphatic heterocycles. The molecule has 0 bridgehead atoms. The Labute approximate surface area is 122 Å². The lowest BCUT2D eigenvalue weighted by atomic mass is 9.84. The Morgan fingerprint density at radius 2 is 1.50 bits per heavy atom. The minimum absolute atomic E-state index is 0.154. The van der Waals surface area contributed by atoms with E-state index in [0.717, 1.165) is 18.4 Å². The van der Waals surface area contributed by atoms with Crippen molar-refractivity contribution in [3.63, 3.8) is 0 Å². The first-order chi connectivity index (χ1) is 9.35. The highest BCUT2D eigenvalue weighted by atomic mass is 16.2. The molecule has 0 aromatic heterocycles. The second-order valence-electron chi connectivity index (χ2n) is 5.34. The summed E-state index contributed by atoms with van der Waals surface area (Å²) < 4.78 is 0. The van der Waals surface area contributed by atoms with E-state index in [1.165, 1.54) is 13.8 Å². The van der Waals surface area contributed by atoms with Crippen LogP contribution >= 0.6 is 0 Å². The number of hydrogen-bond acceptors (Lipinski definition) is 2. The lowest BCUT2D eigenvalue weighted by Gasteiger charge is -2.25. The van der Waals surface area contributed by atoms with Gasteiger partial charge in [0.05, 0.1) is 0 Å². The minimum atomic E-state index is -0.227. The maximum absolute atomic E-state index is 12.0. The molecule has 20 heavy (non-hydrogen) atoms. The van der Waals surface area contributed by atoms with Crippen molar-refractivity contribution in [2.45, 2.75) is 54.0 Å². The zero-order valence-electron chi connectivity index (χ0n) is 13.3. The number of nitrogens with one attached hydrogen (secondary N) is 1. The fraction of sp³-hybridized carbons (Fsp3) is 0.529. The number of carbonyl (C=O) groups is 2. The first-order valence-electron chi connectivity index (χ1n) is 7.15. The van der Waals surface area contributed by atoms with Crippen LogP contribution in [0.3, 0.4) is 0 Å². The molecular weight excluding hydrogens is 250 g/mol. The van der Waals surface area contributed by atoms with E-state index in [2.05, 4.69) is 19.2 Å². The largest absolute Gasteiger partial charge is 0.352 e. The predicted molar refractivity (Wildman–Crippen MR) is 83.3 cm³/mol. The van der Waals surface area contributed by atoms with Crippen molar-refractivity contribution in [3.05, 3.63) is 35.9 Å². The van der Waals surface area contributed by atoms with Gasteiger partial charge in [0.2, 0.25) is 5.91 Å². The summed E-state index contributed by atoms with van der Waals surface area (Å²) in [6.45, 7) is 9.82. The molecule has 1 amide bonds. The molecule has 0 spiro atoms. The fourth-order valence-corrected chi connectivity index (χ4v) is 1.56. The van der Waals surface area contributed by atoms with Crippen LogP contribution in [0, 0.1) is 5.41 Å². The molecule has 0 saturated carbocycles. The number of carbonyl (C=O) groups excluding carboxylic acids is 2. The van der Waals surface area contributed by atoms with Gasteiger partial charge in [-0.05, 0) is 32.3 Å². The van der Waals surface area contributed by atoms with Crippen molar-refractivity contribution >= 4 is 11.7 Å². The number of ketones is 1. The van der Waals surface area contributed by atoms with Crippen LogP contribution < -0.4 is 5.32 Å². The monoisotopic (exact) mass is 277 g/mol. The van der Waals surface area contributed by atoms with E-state index in [9.17, 15) is 9.59 Å². The third-order valence-corrected chi connectivity index (χ3v) is 3.40. The highest BCUT2D eigenvalue weighted by molar-refractivity contribution is 5.82. The maximum atomic E-state index is 12.0. The van der Waals surface area contributed by atoms with Crippen LogP contribution in [0.15, 0.2) is 30.3 Å². The van der Waals surface area contributed by atoms with Crippen molar-refractivity contribution in [1.82, 2.24) is 5.32 Å². The van der Waals surface area contributed by atoms with Gasteiger partial charge in [0.15, 0.2) is 0 Å². The van der Waals surface area contributed by atoms with Gasteiger partial charge >= 0.3 is 0 Å². The molecule has 0 aliphatic carbocycles. The van der Waals surface area contributed by atoms with Gasteiger partial charge in [-0.3, -0.25) is 4.79 Å². The summed E-state index contributed by atoms with van der Waals surface area (Å²) in [5.74, 6) is 0.321. The molecule has 1 aromatic rings. The zero-order valence-corrected chi connectivity index (χ0v) is 13.3. The highest BCUT2D eigenvalue weighted by Crippen LogP contribution is 2.25. The predicted octanol–water partition coefficient (Wildman–Crippen LogP) is 3.72. The van der Waals surface area contributed by atoms with Crippen LogP contribution in [0.25, 0.3) is 0 Å². The Balaban J connectivity index is 0.000000796. The van der Waals surface area contributed by atoms with E-state index in [4.69, 9.17) is 0 Å². The normalized spacial score (nSPS) is 10.2. The zero-order chi connectivity index (χ0) is 15.6. The van der Waals surface area contributed by atoms with Gasteiger partial charge in [-0.15, -0.1) is 0 Å². The summed E-state index contributed by atoms with van der Waals surface area (Å²) in [5.41, 5.74) is 0.916. The molecule has 1 N–H and O–H groups in total. The van der Waals surface area contributed by atoms with Crippen molar-refractivity contribution < 1.29 is 9.59 Å². The molecule has 0 radical (unpaired) electrons. The molecule has 0 atom stereocenters. The van der Waals surface area contributed by atoms with Crippen LogP contribution in [-0.4, -0.2) is 11.7 Å². The molecule has 0 unspecified atom stereocenters. The molecule has 1 rings (SSSR count). The topological polar surface area (TPSA) is 46.2 Å². The number of rotatable bonds is 5. The molecule has 3 nitrogen and oxygen atoms in total. The molecule has 0 saturated heterocycles. The Bertz CT molecular complexity index is 404. The summed E-state index contributed by atoms with van der Waals surface area (Å²) >= 11 is 0. The molecule has 112 valence electrons. The molecule has 1 aromatic carbocycles. The Hall–Kier alpha value is -1.64. The van der Waals surface area contributed by atoms with Gasteiger partial charge in [-0.1, -0.05) is 51.1 Å². The summed E-state index contributed by atoms with van der Waals surface area (Å²) in [4.78, 5) is 21.4. The Kier molecular flexibility index (Phi) is 8.53. The third-order valence-electron chi connectivity index (χ3n) is 3.40. The molecule has 0 aliphatic rings. The SMILES string of the molecule is CC(C)=O.CCC(C)(CC)C(=O)NCc1ccccc1. The van der Waals surface area contributed by atoms with Crippen LogP contribution in [0.5, 0.6) is 0 Å².